The number of likely N-dealkylation sites (N-methyl/N-ethyl adjacent to an activating group) is 1. The zero-order valence-electron chi connectivity index (χ0n) is 10.5. The molecule has 0 atom stereocenters. The largest absolute Gasteiger partial charge is 0.397 e. The number of piperazine rings is 1. The fraction of sp³-hybridized carbons (Fsp3) is 0.500. The molecular weight excluding hydrogens is 230 g/mol. The summed E-state index contributed by atoms with van der Waals surface area (Å²) >= 11 is 0. The Hall–Kier alpha value is -1.82. The lowest BCUT2D eigenvalue weighted by molar-refractivity contribution is 0.271. The van der Waals surface area contributed by atoms with E-state index in [4.69, 9.17) is 10.4 Å². The zero-order chi connectivity index (χ0) is 12.5. The van der Waals surface area contributed by atoms with Crippen LogP contribution in [0.2, 0.25) is 0 Å². The van der Waals surface area contributed by atoms with Crippen LogP contribution in [-0.2, 0) is 0 Å². The van der Waals surface area contributed by atoms with Gasteiger partial charge in [-0.25, -0.2) is 4.63 Å². The van der Waals surface area contributed by atoms with Gasteiger partial charge in [-0.15, -0.1) is 0 Å². The van der Waals surface area contributed by atoms with Gasteiger partial charge < -0.3 is 15.5 Å². The van der Waals surface area contributed by atoms with E-state index in [1.807, 2.05) is 12.1 Å². The summed E-state index contributed by atoms with van der Waals surface area (Å²) in [6.45, 7) is 7.45. The maximum atomic E-state index is 5.85. The minimum Gasteiger partial charge on any atom is -0.397 e. The van der Waals surface area contributed by atoms with Crippen LogP contribution in [0.15, 0.2) is 16.8 Å². The zero-order valence-corrected chi connectivity index (χ0v) is 10.5. The van der Waals surface area contributed by atoms with E-state index >= 15 is 0 Å². The third kappa shape index (κ3) is 1.78. The van der Waals surface area contributed by atoms with Crippen LogP contribution in [0.3, 0.4) is 0 Å². The highest BCUT2D eigenvalue weighted by Gasteiger charge is 2.20. The van der Waals surface area contributed by atoms with E-state index in [1.165, 1.54) is 0 Å². The maximum Gasteiger partial charge on any atom is 0.160 e. The smallest absolute Gasteiger partial charge is 0.160 e. The summed E-state index contributed by atoms with van der Waals surface area (Å²) in [5.74, 6) is 0. The summed E-state index contributed by atoms with van der Waals surface area (Å²) in [4.78, 5) is 4.75. The molecule has 2 heterocycles. The molecule has 1 aliphatic rings. The molecule has 1 aliphatic heterocycles. The second kappa shape index (κ2) is 4.45. The maximum absolute atomic E-state index is 5.85. The molecule has 2 N–H and O–H groups in total. The number of nitrogens with zero attached hydrogens (tertiary/aromatic N) is 4. The first-order chi connectivity index (χ1) is 8.79. The van der Waals surface area contributed by atoms with E-state index in [2.05, 4.69) is 27.0 Å². The van der Waals surface area contributed by atoms with Crippen molar-refractivity contribution in [1.29, 1.82) is 0 Å². The summed E-state index contributed by atoms with van der Waals surface area (Å²) in [6.07, 6.45) is 0. The Bertz CT molecular complexity index is 544. The van der Waals surface area contributed by atoms with Crippen LogP contribution in [0.4, 0.5) is 11.4 Å². The van der Waals surface area contributed by atoms with Gasteiger partial charge in [0.05, 0.1) is 11.4 Å². The van der Waals surface area contributed by atoms with E-state index in [0.29, 0.717) is 11.2 Å². The first-order valence-corrected chi connectivity index (χ1v) is 6.27. The number of hydrogen-bond donors (Lipinski definition) is 1. The van der Waals surface area contributed by atoms with E-state index in [1.54, 1.807) is 0 Å². The minimum absolute atomic E-state index is 0.613. The van der Waals surface area contributed by atoms with Crippen molar-refractivity contribution in [2.24, 2.45) is 0 Å². The van der Waals surface area contributed by atoms with E-state index < -0.39 is 0 Å². The van der Waals surface area contributed by atoms with Gasteiger partial charge in [0.15, 0.2) is 11.0 Å². The van der Waals surface area contributed by atoms with Crippen molar-refractivity contribution in [3.05, 3.63) is 12.1 Å². The summed E-state index contributed by atoms with van der Waals surface area (Å²) in [5.41, 5.74) is 8.95. The van der Waals surface area contributed by atoms with E-state index in [-0.39, 0.29) is 0 Å². The van der Waals surface area contributed by atoms with Gasteiger partial charge >= 0.3 is 0 Å². The van der Waals surface area contributed by atoms with Gasteiger partial charge in [-0.3, -0.25) is 0 Å². The van der Waals surface area contributed by atoms with Crippen LogP contribution in [0.5, 0.6) is 0 Å². The number of aromatic nitrogens is 2. The van der Waals surface area contributed by atoms with Crippen molar-refractivity contribution in [2.75, 3.05) is 43.4 Å². The van der Waals surface area contributed by atoms with Gasteiger partial charge in [0.25, 0.3) is 0 Å². The van der Waals surface area contributed by atoms with Gasteiger partial charge in [0, 0.05) is 26.2 Å². The minimum atomic E-state index is 0.613. The molecule has 0 radical (unpaired) electrons. The Morgan fingerprint density at radius 2 is 1.89 bits per heavy atom. The molecule has 0 saturated carbocycles. The first-order valence-electron chi connectivity index (χ1n) is 6.27. The molecule has 2 aromatic rings. The van der Waals surface area contributed by atoms with Gasteiger partial charge in [-0.05, 0) is 29.0 Å². The quantitative estimate of drug-likeness (QED) is 0.797. The average Bonchev–Trinajstić information content (AvgIpc) is 2.90. The molecule has 0 bridgehead atoms. The highest BCUT2D eigenvalue weighted by molar-refractivity contribution is 5.95. The van der Waals surface area contributed by atoms with Crippen molar-refractivity contribution >= 4 is 22.4 Å². The number of anilines is 2. The normalized spacial score (nSPS) is 17.5. The fourth-order valence-electron chi connectivity index (χ4n) is 2.43. The molecule has 0 aliphatic carbocycles. The van der Waals surface area contributed by atoms with Crippen molar-refractivity contribution in [2.45, 2.75) is 6.92 Å². The molecule has 1 aromatic carbocycles. The Morgan fingerprint density at radius 3 is 2.61 bits per heavy atom. The molecule has 18 heavy (non-hydrogen) atoms. The number of rotatable bonds is 2. The van der Waals surface area contributed by atoms with Crippen LogP contribution in [-0.4, -0.2) is 47.9 Å². The Labute approximate surface area is 105 Å². The van der Waals surface area contributed by atoms with Gasteiger partial charge in [0.1, 0.15) is 0 Å². The molecule has 96 valence electrons. The molecule has 0 spiro atoms. The van der Waals surface area contributed by atoms with E-state index in [9.17, 15) is 0 Å². The van der Waals surface area contributed by atoms with Crippen molar-refractivity contribution in [3.8, 4) is 0 Å². The molecular formula is C12H17N5O. The highest BCUT2D eigenvalue weighted by Crippen LogP contribution is 2.28. The number of nitrogens with two attached hydrogens (primary N) is 1. The van der Waals surface area contributed by atoms with Gasteiger partial charge in [-0.2, -0.15) is 0 Å². The molecule has 0 amide bonds. The Morgan fingerprint density at radius 1 is 1.17 bits per heavy atom. The molecule has 6 nitrogen and oxygen atoms in total. The van der Waals surface area contributed by atoms with Gasteiger partial charge in [0.2, 0.25) is 0 Å². The SMILES string of the molecule is CCN1CCN(c2ccc(N)c3nonc23)CC1. The van der Waals surface area contributed by atoms with Crippen molar-refractivity contribution < 1.29 is 4.63 Å². The fourth-order valence-corrected chi connectivity index (χ4v) is 2.43. The predicted molar refractivity (Wildman–Crippen MR) is 70.5 cm³/mol. The molecule has 0 unspecified atom stereocenters. The topological polar surface area (TPSA) is 71.4 Å². The van der Waals surface area contributed by atoms with Crippen LogP contribution < -0.4 is 10.6 Å². The number of hydrogen-bond acceptors (Lipinski definition) is 6. The highest BCUT2D eigenvalue weighted by atomic mass is 16.6. The lowest BCUT2D eigenvalue weighted by Crippen LogP contribution is -2.46. The molecule has 1 fully saturated rings. The molecule has 3 rings (SSSR count). The Kier molecular flexibility index (Phi) is 2.79. The molecule has 1 aromatic heterocycles. The number of nitrogen functional groups attached to an aromatic ring is 1. The Balaban J connectivity index is 1.91. The van der Waals surface area contributed by atoms with Crippen molar-refractivity contribution in [1.82, 2.24) is 15.2 Å². The second-order valence-corrected chi connectivity index (χ2v) is 4.56. The van der Waals surface area contributed by atoms with Crippen molar-refractivity contribution in [3.63, 3.8) is 0 Å². The van der Waals surface area contributed by atoms with Crippen LogP contribution in [0.25, 0.3) is 11.0 Å². The predicted octanol–water partition coefficient (Wildman–Crippen LogP) is 0.947. The standard InChI is InChI=1S/C12H17N5O/c1-2-16-5-7-17(8-6-16)10-4-3-9(13)11-12(10)15-18-14-11/h3-4H,2,5-8,13H2,1H3. The van der Waals surface area contributed by atoms with Gasteiger partial charge in [-0.1, -0.05) is 6.92 Å². The summed E-state index contributed by atoms with van der Waals surface area (Å²) in [7, 11) is 0. The van der Waals surface area contributed by atoms with Crippen LogP contribution in [0.1, 0.15) is 6.92 Å². The monoisotopic (exact) mass is 247 g/mol. The van der Waals surface area contributed by atoms with Crippen LogP contribution in [0, 0.1) is 0 Å². The lowest BCUT2D eigenvalue weighted by atomic mass is 10.2. The lowest BCUT2D eigenvalue weighted by Gasteiger charge is -2.35. The molecule has 6 heteroatoms. The number of fused-ring (bicyclic) bond motifs is 1. The summed E-state index contributed by atoms with van der Waals surface area (Å²) in [6, 6.07) is 3.87. The second-order valence-electron chi connectivity index (χ2n) is 4.56. The summed E-state index contributed by atoms with van der Waals surface area (Å²) < 4.78 is 4.80. The number of benzene rings is 1. The average molecular weight is 247 g/mol. The summed E-state index contributed by atoms with van der Waals surface area (Å²) in [5, 5.41) is 7.83. The molecule has 1 saturated heterocycles. The first kappa shape index (κ1) is 11.3. The van der Waals surface area contributed by atoms with Crippen LogP contribution >= 0.6 is 0 Å². The van der Waals surface area contributed by atoms with E-state index in [0.717, 1.165) is 43.9 Å². The third-order valence-electron chi connectivity index (χ3n) is 3.59. The third-order valence-corrected chi connectivity index (χ3v) is 3.59.